The van der Waals surface area contributed by atoms with E-state index in [1.54, 1.807) is 13.8 Å². The summed E-state index contributed by atoms with van der Waals surface area (Å²) in [7, 11) is -2.87. The van der Waals surface area contributed by atoms with Crippen LogP contribution in [0, 0.1) is 5.82 Å². The van der Waals surface area contributed by atoms with Crippen molar-refractivity contribution < 1.29 is 37.0 Å². The van der Waals surface area contributed by atoms with Crippen molar-refractivity contribution in [2.24, 2.45) is 0 Å². The van der Waals surface area contributed by atoms with Gasteiger partial charge >= 0.3 is 6.09 Å². The number of ether oxygens (including phenoxy) is 2. The van der Waals surface area contributed by atoms with Crippen LogP contribution in [0.25, 0.3) is 0 Å². The van der Waals surface area contributed by atoms with Gasteiger partial charge in [-0.15, -0.1) is 0 Å². The monoisotopic (exact) mass is 553 g/mol. The molecule has 2 N–H and O–H groups in total. The van der Waals surface area contributed by atoms with Gasteiger partial charge in [-0.2, -0.15) is 4.31 Å². The molecule has 2 aliphatic rings. The Hall–Kier alpha value is -3.56. The van der Waals surface area contributed by atoms with Crippen LogP contribution in [0.1, 0.15) is 35.7 Å². The molecule has 0 saturated carbocycles. The molecule has 3 heterocycles. The van der Waals surface area contributed by atoms with Gasteiger partial charge in [0.05, 0.1) is 25.2 Å². The summed E-state index contributed by atoms with van der Waals surface area (Å²) in [6, 6.07) is 3.14. The summed E-state index contributed by atoms with van der Waals surface area (Å²) in [6.45, 7) is 3.66. The van der Waals surface area contributed by atoms with E-state index in [1.165, 1.54) is 22.6 Å². The van der Waals surface area contributed by atoms with Crippen LogP contribution in [0.3, 0.4) is 0 Å². The fraction of sp³-hybridized carbons (Fsp3) is 0.478. The van der Waals surface area contributed by atoms with Crippen LogP contribution >= 0.6 is 0 Å². The van der Waals surface area contributed by atoms with Crippen LogP contribution < -0.4 is 10.9 Å². The van der Waals surface area contributed by atoms with Gasteiger partial charge < -0.3 is 24.8 Å². The SMILES string of the molecule is COC(=O)N1CCN(S(=O)(=O)c2cc(F)cc(CNC(=O)c3nc4n(c(=O)c3O)CCOC4(C)C)c2)CC1. The van der Waals surface area contributed by atoms with Crippen molar-refractivity contribution in [2.45, 2.75) is 37.4 Å². The zero-order valence-electron chi connectivity index (χ0n) is 21.1. The number of amides is 2. The first-order chi connectivity index (χ1) is 17.8. The Kier molecular flexibility index (Phi) is 7.45. The number of halogens is 1. The number of sulfonamides is 1. The molecule has 0 bridgehead atoms. The molecule has 1 aromatic carbocycles. The number of hydrogen-bond acceptors (Lipinski definition) is 9. The van der Waals surface area contributed by atoms with E-state index in [4.69, 9.17) is 4.74 Å². The number of aromatic nitrogens is 2. The number of rotatable bonds is 5. The first-order valence-corrected chi connectivity index (χ1v) is 13.2. The van der Waals surface area contributed by atoms with Crippen molar-refractivity contribution in [1.82, 2.24) is 24.1 Å². The molecular weight excluding hydrogens is 525 g/mol. The van der Waals surface area contributed by atoms with Crippen LogP contribution in [0.5, 0.6) is 5.75 Å². The lowest BCUT2D eigenvalue weighted by Crippen LogP contribution is -2.50. The number of hydrogen-bond donors (Lipinski definition) is 2. The van der Waals surface area contributed by atoms with E-state index in [0.29, 0.717) is 0 Å². The summed E-state index contributed by atoms with van der Waals surface area (Å²) in [5, 5.41) is 12.8. The average molecular weight is 554 g/mol. The maximum Gasteiger partial charge on any atom is 0.409 e. The van der Waals surface area contributed by atoms with Crippen molar-refractivity contribution in [2.75, 3.05) is 39.9 Å². The van der Waals surface area contributed by atoms with Gasteiger partial charge in [0.15, 0.2) is 5.69 Å². The lowest BCUT2D eigenvalue weighted by atomic mass is 10.1. The molecule has 0 aliphatic carbocycles. The summed E-state index contributed by atoms with van der Waals surface area (Å²) < 4.78 is 53.3. The number of carbonyl (C=O) groups is 2. The Morgan fingerprint density at radius 3 is 2.53 bits per heavy atom. The Labute approximate surface area is 217 Å². The van der Waals surface area contributed by atoms with Crippen molar-refractivity contribution in [3.8, 4) is 5.75 Å². The third-order valence-electron chi connectivity index (χ3n) is 6.37. The number of fused-ring (bicyclic) bond motifs is 1. The third kappa shape index (κ3) is 5.21. The Bertz CT molecular complexity index is 1430. The fourth-order valence-corrected chi connectivity index (χ4v) is 5.86. The smallest absolute Gasteiger partial charge is 0.409 e. The second-order valence-corrected chi connectivity index (χ2v) is 11.2. The molecule has 0 unspecified atom stereocenters. The minimum absolute atomic E-state index is 0.00110. The maximum atomic E-state index is 14.4. The van der Waals surface area contributed by atoms with Gasteiger partial charge in [0.25, 0.3) is 11.5 Å². The molecule has 38 heavy (non-hydrogen) atoms. The number of piperazine rings is 1. The number of benzene rings is 1. The summed E-state index contributed by atoms with van der Waals surface area (Å²) in [5.41, 5.74) is -2.16. The van der Waals surface area contributed by atoms with Gasteiger partial charge in [-0.25, -0.2) is 22.6 Å². The molecular formula is C23H28FN5O8S. The maximum absolute atomic E-state index is 14.4. The number of methoxy groups -OCH3 is 1. The van der Waals surface area contributed by atoms with Crippen LogP contribution in [-0.4, -0.2) is 84.2 Å². The predicted molar refractivity (Wildman–Crippen MR) is 129 cm³/mol. The van der Waals surface area contributed by atoms with Gasteiger partial charge in [-0.1, -0.05) is 0 Å². The number of nitrogens with one attached hydrogen (secondary N) is 1. The Balaban J connectivity index is 1.52. The van der Waals surface area contributed by atoms with Crippen LogP contribution in [0.2, 0.25) is 0 Å². The van der Waals surface area contributed by atoms with E-state index in [-0.39, 0.29) is 62.2 Å². The summed E-state index contributed by atoms with van der Waals surface area (Å²) >= 11 is 0. The molecule has 1 aromatic heterocycles. The van der Waals surface area contributed by atoms with E-state index >= 15 is 0 Å². The zero-order chi connectivity index (χ0) is 27.8. The minimum Gasteiger partial charge on any atom is -0.501 e. The van der Waals surface area contributed by atoms with Gasteiger partial charge in [0, 0.05) is 32.7 Å². The first-order valence-electron chi connectivity index (χ1n) is 11.7. The molecule has 2 aromatic rings. The summed E-state index contributed by atoms with van der Waals surface area (Å²) in [6.07, 6.45) is -0.566. The number of aromatic hydroxyl groups is 1. The van der Waals surface area contributed by atoms with E-state index in [1.807, 2.05) is 0 Å². The minimum atomic E-state index is -4.10. The molecule has 0 spiro atoms. The van der Waals surface area contributed by atoms with E-state index < -0.39 is 50.4 Å². The van der Waals surface area contributed by atoms with E-state index in [2.05, 4.69) is 15.0 Å². The fourth-order valence-electron chi connectivity index (χ4n) is 4.35. The second-order valence-electron chi connectivity index (χ2n) is 9.29. The molecule has 1 saturated heterocycles. The van der Waals surface area contributed by atoms with Gasteiger partial charge in [0.2, 0.25) is 15.8 Å². The van der Waals surface area contributed by atoms with Crippen LogP contribution in [0.4, 0.5) is 9.18 Å². The van der Waals surface area contributed by atoms with E-state index in [9.17, 15) is 32.3 Å². The lowest BCUT2D eigenvalue weighted by molar-refractivity contribution is -0.0566. The highest BCUT2D eigenvalue weighted by Crippen LogP contribution is 2.27. The molecule has 15 heteroatoms. The van der Waals surface area contributed by atoms with Crippen molar-refractivity contribution in [3.05, 3.63) is 51.5 Å². The Morgan fingerprint density at radius 1 is 1.18 bits per heavy atom. The molecule has 1 fully saturated rings. The van der Waals surface area contributed by atoms with Crippen LogP contribution in [-0.2, 0) is 38.2 Å². The number of carbonyl (C=O) groups excluding carboxylic acids is 2. The largest absolute Gasteiger partial charge is 0.501 e. The van der Waals surface area contributed by atoms with Crippen molar-refractivity contribution in [1.29, 1.82) is 0 Å². The average Bonchev–Trinajstić information content (AvgIpc) is 2.88. The van der Waals surface area contributed by atoms with Gasteiger partial charge in [-0.3, -0.25) is 14.2 Å². The molecule has 2 aliphatic heterocycles. The van der Waals surface area contributed by atoms with Gasteiger partial charge in [0.1, 0.15) is 17.2 Å². The van der Waals surface area contributed by atoms with Crippen molar-refractivity contribution in [3.63, 3.8) is 0 Å². The molecule has 13 nitrogen and oxygen atoms in total. The molecule has 2 amide bonds. The highest BCUT2D eigenvalue weighted by molar-refractivity contribution is 7.89. The Morgan fingerprint density at radius 2 is 1.87 bits per heavy atom. The summed E-state index contributed by atoms with van der Waals surface area (Å²) in [5.74, 6) is -2.41. The quantitative estimate of drug-likeness (QED) is 0.533. The highest BCUT2D eigenvalue weighted by atomic mass is 32.2. The second kappa shape index (κ2) is 10.3. The summed E-state index contributed by atoms with van der Waals surface area (Å²) in [4.78, 5) is 42.3. The third-order valence-corrected chi connectivity index (χ3v) is 8.25. The van der Waals surface area contributed by atoms with Crippen LogP contribution in [0.15, 0.2) is 27.9 Å². The molecule has 4 rings (SSSR count). The predicted octanol–water partition coefficient (Wildman–Crippen LogP) is 0.356. The molecule has 0 atom stereocenters. The van der Waals surface area contributed by atoms with Crippen molar-refractivity contribution >= 4 is 22.0 Å². The normalized spacial score (nSPS) is 17.5. The number of nitrogens with zero attached hydrogens (tertiary/aromatic N) is 4. The lowest BCUT2D eigenvalue weighted by Gasteiger charge is -2.33. The van der Waals surface area contributed by atoms with Gasteiger partial charge in [-0.05, 0) is 37.6 Å². The molecule has 0 radical (unpaired) electrons. The topological polar surface area (TPSA) is 160 Å². The highest BCUT2D eigenvalue weighted by Gasteiger charge is 2.34. The zero-order valence-corrected chi connectivity index (χ0v) is 21.9. The standard InChI is InChI=1S/C23H28FN5O8S/c1-23(2)21-26-17(18(30)20(32)29(21)8-9-37-23)19(31)25-13-14-10-15(24)12-16(11-14)38(34,35)28-6-4-27(5-7-28)22(33)36-3/h10-12,30H,4-9,13H2,1-3H3,(H,25,31). The van der Waals surface area contributed by atoms with E-state index in [0.717, 1.165) is 16.4 Å². The molecule has 206 valence electrons. The first kappa shape index (κ1) is 27.5.